The Morgan fingerprint density at radius 2 is 1.64 bits per heavy atom. The largest absolute Gasteiger partial charge is 0.341 e. The predicted molar refractivity (Wildman–Crippen MR) is 113 cm³/mol. The zero-order valence-electron chi connectivity index (χ0n) is 16.6. The van der Waals surface area contributed by atoms with E-state index < -0.39 is 10.0 Å². The molecule has 1 amide bonds. The number of halogens is 1. The van der Waals surface area contributed by atoms with E-state index in [4.69, 9.17) is 11.6 Å². The molecule has 0 unspecified atom stereocenters. The van der Waals surface area contributed by atoms with Gasteiger partial charge in [0.25, 0.3) is 0 Å². The summed E-state index contributed by atoms with van der Waals surface area (Å²) >= 11 is 5.98. The van der Waals surface area contributed by atoms with Gasteiger partial charge in [0.1, 0.15) is 0 Å². The van der Waals surface area contributed by atoms with Crippen molar-refractivity contribution in [2.24, 2.45) is 0 Å². The summed E-state index contributed by atoms with van der Waals surface area (Å²) in [6.45, 7) is 5.02. The van der Waals surface area contributed by atoms with Gasteiger partial charge in [-0.05, 0) is 41.8 Å². The van der Waals surface area contributed by atoms with Crippen molar-refractivity contribution >= 4 is 27.5 Å². The van der Waals surface area contributed by atoms with Gasteiger partial charge in [0, 0.05) is 38.1 Å². The fourth-order valence-electron chi connectivity index (χ4n) is 2.98. The first-order valence-corrected chi connectivity index (χ1v) is 11.2. The lowest BCUT2D eigenvalue weighted by Crippen LogP contribution is -2.30. The van der Waals surface area contributed by atoms with Gasteiger partial charge in [-0.2, -0.15) is 4.31 Å². The lowest BCUT2D eigenvalue weighted by molar-refractivity contribution is -0.130. The number of hydrogen-bond acceptors (Lipinski definition) is 3. The molecule has 0 radical (unpaired) electrons. The summed E-state index contributed by atoms with van der Waals surface area (Å²) in [7, 11) is -1.69. The van der Waals surface area contributed by atoms with Crippen molar-refractivity contribution in [3.05, 3.63) is 64.7 Å². The molecule has 0 aliphatic carbocycles. The average Bonchev–Trinajstić information content (AvgIpc) is 2.67. The van der Waals surface area contributed by atoms with E-state index in [9.17, 15) is 13.2 Å². The summed E-state index contributed by atoms with van der Waals surface area (Å²) in [6, 6.07) is 14.2. The molecule has 2 aromatic carbocycles. The van der Waals surface area contributed by atoms with E-state index in [1.807, 2.05) is 32.0 Å². The third-order valence-corrected chi connectivity index (χ3v) is 6.93. The van der Waals surface area contributed by atoms with E-state index in [0.717, 1.165) is 11.1 Å². The van der Waals surface area contributed by atoms with Crippen LogP contribution in [0.3, 0.4) is 0 Å². The predicted octanol–water partition coefficient (Wildman–Crippen LogP) is 3.96. The average molecular weight is 423 g/mol. The van der Waals surface area contributed by atoms with Crippen molar-refractivity contribution in [3.63, 3.8) is 0 Å². The van der Waals surface area contributed by atoms with Crippen LogP contribution in [0, 0.1) is 0 Å². The van der Waals surface area contributed by atoms with Gasteiger partial charge in [-0.3, -0.25) is 4.79 Å². The van der Waals surface area contributed by atoms with E-state index in [2.05, 4.69) is 0 Å². The normalized spacial score (nSPS) is 11.6. The number of hydrogen-bond donors (Lipinski definition) is 0. The summed E-state index contributed by atoms with van der Waals surface area (Å²) < 4.78 is 26.5. The lowest BCUT2D eigenvalue weighted by atomic mass is 10.1. The lowest BCUT2D eigenvalue weighted by Gasteiger charge is -2.19. The van der Waals surface area contributed by atoms with Crippen LogP contribution in [0.1, 0.15) is 31.4 Å². The van der Waals surface area contributed by atoms with Crippen LogP contribution < -0.4 is 0 Å². The van der Waals surface area contributed by atoms with Crippen molar-refractivity contribution < 1.29 is 13.2 Å². The van der Waals surface area contributed by atoms with Crippen LogP contribution in [0.2, 0.25) is 5.02 Å². The van der Waals surface area contributed by atoms with Crippen molar-refractivity contribution in [1.29, 1.82) is 0 Å². The summed E-state index contributed by atoms with van der Waals surface area (Å²) in [4.78, 5) is 14.3. The van der Waals surface area contributed by atoms with Gasteiger partial charge in [-0.15, -0.1) is 0 Å². The fourth-order valence-corrected chi connectivity index (χ4v) is 4.65. The third kappa shape index (κ3) is 5.80. The fraction of sp³-hybridized carbons (Fsp3) is 0.381. The van der Waals surface area contributed by atoms with Gasteiger partial charge >= 0.3 is 0 Å². The number of carbonyl (C=O) groups excluding carboxylic acids is 1. The van der Waals surface area contributed by atoms with Crippen LogP contribution in [0.25, 0.3) is 0 Å². The Bertz CT molecular complexity index is 894. The summed E-state index contributed by atoms with van der Waals surface area (Å²) in [6.07, 6.45) is 0.920. The van der Waals surface area contributed by atoms with E-state index in [1.165, 1.54) is 4.31 Å². The summed E-state index contributed by atoms with van der Waals surface area (Å²) in [5.41, 5.74) is 1.91. The van der Waals surface area contributed by atoms with Crippen molar-refractivity contribution in [2.75, 3.05) is 20.1 Å². The minimum absolute atomic E-state index is 0.0276. The minimum Gasteiger partial charge on any atom is -0.341 e. The van der Waals surface area contributed by atoms with E-state index in [0.29, 0.717) is 37.5 Å². The van der Waals surface area contributed by atoms with E-state index >= 15 is 0 Å². The molecule has 28 heavy (non-hydrogen) atoms. The third-order valence-electron chi connectivity index (χ3n) is 4.63. The number of carbonyl (C=O) groups is 1. The Morgan fingerprint density at radius 3 is 2.21 bits per heavy atom. The zero-order valence-corrected chi connectivity index (χ0v) is 18.1. The maximum atomic E-state index is 12.5. The molecule has 0 fully saturated rings. The minimum atomic E-state index is -3.45. The molecule has 0 aliphatic rings. The molecule has 0 spiro atoms. The van der Waals surface area contributed by atoms with E-state index in [1.54, 1.807) is 42.3 Å². The Morgan fingerprint density at radius 1 is 1.00 bits per heavy atom. The summed E-state index contributed by atoms with van der Waals surface area (Å²) in [5.74, 6) is 0.0276. The summed E-state index contributed by atoms with van der Waals surface area (Å²) in [5, 5.41) is 0.651. The molecular formula is C21H27ClN2O3S. The van der Waals surface area contributed by atoms with Crippen LogP contribution in [0.5, 0.6) is 0 Å². The topological polar surface area (TPSA) is 57.7 Å². The van der Waals surface area contributed by atoms with Crippen LogP contribution in [-0.2, 0) is 27.8 Å². The molecule has 2 rings (SSSR count). The number of rotatable bonds is 9. The maximum absolute atomic E-state index is 12.5. The number of aryl methyl sites for hydroxylation is 1. The van der Waals surface area contributed by atoms with Gasteiger partial charge in [-0.1, -0.05) is 49.7 Å². The number of sulfonamides is 1. The monoisotopic (exact) mass is 422 g/mol. The molecule has 0 heterocycles. The van der Waals surface area contributed by atoms with Gasteiger partial charge in [0.15, 0.2) is 0 Å². The smallest absolute Gasteiger partial charge is 0.243 e. The van der Waals surface area contributed by atoms with Crippen molar-refractivity contribution in [3.8, 4) is 0 Å². The molecule has 2 aromatic rings. The second kappa shape index (κ2) is 10.0. The molecule has 0 aliphatic heterocycles. The first-order valence-electron chi connectivity index (χ1n) is 9.35. The van der Waals surface area contributed by atoms with Gasteiger partial charge in [-0.25, -0.2) is 8.42 Å². The number of benzene rings is 2. The Hall–Kier alpha value is -1.89. The molecule has 0 saturated heterocycles. The molecule has 5 nitrogen and oxygen atoms in total. The molecule has 0 atom stereocenters. The van der Waals surface area contributed by atoms with Crippen molar-refractivity contribution in [2.45, 2.75) is 38.1 Å². The number of amides is 1. The molecule has 0 bridgehead atoms. The van der Waals surface area contributed by atoms with Crippen LogP contribution in [-0.4, -0.2) is 43.7 Å². The maximum Gasteiger partial charge on any atom is 0.243 e. The number of nitrogens with zero attached hydrogens (tertiary/aromatic N) is 2. The van der Waals surface area contributed by atoms with Crippen LogP contribution in [0.4, 0.5) is 0 Å². The van der Waals surface area contributed by atoms with E-state index in [-0.39, 0.29) is 10.8 Å². The van der Waals surface area contributed by atoms with Gasteiger partial charge < -0.3 is 4.90 Å². The Labute approximate surface area is 173 Å². The molecular weight excluding hydrogens is 396 g/mol. The molecule has 0 saturated carbocycles. The highest BCUT2D eigenvalue weighted by Crippen LogP contribution is 2.17. The van der Waals surface area contributed by atoms with Gasteiger partial charge in [0.05, 0.1) is 4.90 Å². The van der Waals surface area contributed by atoms with Gasteiger partial charge in [0.2, 0.25) is 15.9 Å². The second-order valence-corrected chi connectivity index (χ2v) is 8.99. The molecule has 152 valence electrons. The van der Waals surface area contributed by atoms with Crippen molar-refractivity contribution in [1.82, 2.24) is 9.21 Å². The van der Waals surface area contributed by atoms with Crippen LogP contribution >= 0.6 is 11.6 Å². The first-order chi connectivity index (χ1) is 13.3. The standard InChI is InChI=1S/C21H27ClN2O3S/c1-4-24(5-2)28(26,27)20-12-9-17(10-13-20)11-14-21(25)23(3)16-18-7-6-8-19(22)15-18/h6-10,12-13,15H,4-5,11,14,16H2,1-3H3. The Kier molecular flexibility index (Phi) is 8.04. The highest BCUT2D eigenvalue weighted by Gasteiger charge is 2.21. The highest BCUT2D eigenvalue weighted by atomic mass is 35.5. The molecule has 0 N–H and O–H groups in total. The first kappa shape index (κ1) is 22.4. The molecule has 7 heteroatoms. The van der Waals surface area contributed by atoms with Crippen LogP contribution in [0.15, 0.2) is 53.4 Å². The quantitative estimate of drug-likeness (QED) is 0.614. The zero-order chi connectivity index (χ0) is 20.7. The Balaban J connectivity index is 1.94. The SMILES string of the molecule is CCN(CC)S(=O)(=O)c1ccc(CCC(=O)N(C)Cc2cccc(Cl)c2)cc1. The molecule has 0 aromatic heterocycles. The second-order valence-electron chi connectivity index (χ2n) is 6.61. The highest BCUT2D eigenvalue weighted by molar-refractivity contribution is 7.89.